The number of rotatable bonds is 2. The highest BCUT2D eigenvalue weighted by molar-refractivity contribution is 9.10. The smallest absolute Gasteiger partial charge is 0.316 e. The topological polar surface area (TPSA) is 47.0 Å². The van der Waals surface area contributed by atoms with Crippen LogP contribution in [0.15, 0.2) is 16.9 Å². The predicted molar refractivity (Wildman–Crippen MR) is 56.3 cm³/mol. The molecular formula is C9H12BrN3O. The normalized spacial score (nSPS) is 18.1. The molecule has 0 radical (unpaired) electrons. The summed E-state index contributed by atoms with van der Waals surface area (Å²) in [6, 6.07) is 0.472. The van der Waals surface area contributed by atoms with E-state index in [1.54, 1.807) is 12.4 Å². The molecule has 0 atom stereocenters. The first kappa shape index (κ1) is 9.86. The van der Waals surface area contributed by atoms with Crippen LogP contribution in [0.1, 0.15) is 12.8 Å². The summed E-state index contributed by atoms with van der Waals surface area (Å²) < 4.78 is 6.50. The molecule has 1 saturated heterocycles. The standard InChI is InChI=1S/C9H12BrN3O/c10-7-5-12-9(13-6-7)14-8-1-3-11-4-2-8/h5-6,8,11H,1-4H2. The molecule has 0 spiro atoms. The van der Waals surface area contributed by atoms with E-state index < -0.39 is 0 Å². The van der Waals surface area contributed by atoms with E-state index in [1.807, 2.05) is 0 Å². The zero-order valence-electron chi connectivity index (χ0n) is 7.74. The van der Waals surface area contributed by atoms with Crippen molar-refractivity contribution < 1.29 is 4.74 Å². The lowest BCUT2D eigenvalue weighted by Crippen LogP contribution is -2.34. The van der Waals surface area contributed by atoms with Crippen molar-refractivity contribution in [3.05, 3.63) is 16.9 Å². The largest absolute Gasteiger partial charge is 0.460 e. The number of aromatic nitrogens is 2. The molecule has 1 aromatic rings. The Morgan fingerprint density at radius 3 is 2.57 bits per heavy atom. The van der Waals surface area contributed by atoms with Crippen molar-refractivity contribution in [2.75, 3.05) is 13.1 Å². The number of nitrogens with zero attached hydrogens (tertiary/aromatic N) is 2. The Hall–Kier alpha value is -0.680. The van der Waals surface area contributed by atoms with Crippen LogP contribution in [0.4, 0.5) is 0 Å². The molecule has 0 aliphatic carbocycles. The zero-order valence-corrected chi connectivity index (χ0v) is 9.33. The van der Waals surface area contributed by atoms with Crippen molar-refractivity contribution in [2.45, 2.75) is 18.9 Å². The van der Waals surface area contributed by atoms with E-state index in [9.17, 15) is 0 Å². The number of nitrogens with one attached hydrogen (secondary N) is 1. The Balaban J connectivity index is 1.92. The van der Waals surface area contributed by atoms with Gasteiger partial charge in [0.15, 0.2) is 0 Å². The van der Waals surface area contributed by atoms with Gasteiger partial charge in [-0.15, -0.1) is 0 Å². The predicted octanol–water partition coefficient (Wildman–Crippen LogP) is 1.37. The molecule has 4 nitrogen and oxygen atoms in total. The zero-order chi connectivity index (χ0) is 9.80. The lowest BCUT2D eigenvalue weighted by molar-refractivity contribution is 0.148. The van der Waals surface area contributed by atoms with Crippen molar-refractivity contribution in [2.24, 2.45) is 0 Å². The van der Waals surface area contributed by atoms with E-state index in [0.29, 0.717) is 6.01 Å². The molecule has 0 saturated carbocycles. The van der Waals surface area contributed by atoms with Gasteiger partial charge >= 0.3 is 6.01 Å². The van der Waals surface area contributed by atoms with Crippen LogP contribution in [0.5, 0.6) is 6.01 Å². The molecule has 1 N–H and O–H groups in total. The van der Waals surface area contributed by atoms with Crippen molar-refractivity contribution in [3.8, 4) is 6.01 Å². The van der Waals surface area contributed by atoms with Crippen LogP contribution >= 0.6 is 15.9 Å². The van der Waals surface area contributed by atoms with E-state index in [1.165, 1.54) is 0 Å². The van der Waals surface area contributed by atoms with E-state index in [0.717, 1.165) is 30.4 Å². The average Bonchev–Trinajstić information content (AvgIpc) is 2.23. The average molecular weight is 258 g/mol. The van der Waals surface area contributed by atoms with Gasteiger partial charge in [-0.3, -0.25) is 0 Å². The first-order chi connectivity index (χ1) is 6.84. The Morgan fingerprint density at radius 2 is 1.93 bits per heavy atom. The minimum Gasteiger partial charge on any atom is -0.460 e. The monoisotopic (exact) mass is 257 g/mol. The third-order valence-electron chi connectivity index (χ3n) is 2.15. The quantitative estimate of drug-likeness (QED) is 0.870. The Morgan fingerprint density at radius 1 is 1.29 bits per heavy atom. The SMILES string of the molecule is Brc1cnc(OC2CCNCC2)nc1. The van der Waals surface area contributed by atoms with Crippen LogP contribution in [0.3, 0.4) is 0 Å². The highest BCUT2D eigenvalue weighted by Gasteiger charge is 2.15. The lowest BCUT2D eigenvalue weighted by atomic mass is 10.1. The Bertz CT molecular complexity index is 285. The van der Waals surface area contributed by atoms with Crippen molar-refractivity contribution in [1.29, 1.82) is 0 Å². The summed E-state index contributed by atoms with van der Waals surface area (Å²) in [7, 11) is 0. The summed E-state index contributed by atoms with van der Waals surface area (Å²) in [5.74, 6) is 0. The number of halogens is 1. The molecule has 1 fully saturated rings. The van der Waals surface area contributed by atoms with Crippen LogP contribution in [0.25, 0.3) is 0 Å². The second-order valence-corrected chi connectivity index (χ2v) is 4.17. The Kier molecular flexibility index (Phi) is 3.31. The summed E-state index contributed by atoms with van der Waals surface area (Å²) in [6.07, 6.45) is 5.71. The van der Waals surface area contributed by atoms with Gasteiger partial charge in [0.2, 0.25) is 0 Å². The third-order valence-corrected chi connectivity index (χ3v) is 2.56. The summed E-state index contributed by atoms with van der Waals surface area (Å²) in [5.41, 5.74) is 0. The first-order valence-corrected chi connectivity index (χ1v) is 5.49. The van der Waals surface area contributed by atoms with Gasteiger partial charge in [-0.1, -0.05) is 0 Å². The minimum atomic E-state index is 0.262. The van der Waals surface area contributed by atoms with Crippen molar-refractivity contribution in [3.63, 3.8) is 0 Å². The highest BCUT2D eigenvalue weighted by Crippen LogP contribution is 2.13. The van der Waals surface area contributed by atoms with E-state index in [4.69, 9.17) is 4.74 Å². The fraction of sp³-hybridized carbons (Fsp3) is 0.556. The van der Waals surface area contributed by atoms with Gasteiger partial charge in [0.05, 0.1) is 4.47 Å². The van der Waals surface area contributed by atoms with Crippen LogP contribution in [0.2, 0.25) is 0 Å². The number of piperidine rings is 1. The number of hydrogen-bond acceptors (Lipinski definition) is 4. The molecule has 1 aromatic heterocycles. The van der Waals surface area contributed by atoms with Crippen molar-refractivity contribution in [1.82, 2.24) is 15.3 Å². The molecule has 0 unspecified atom stereocenters. The molecule has 2 rings (SSSR count). The highest BCUT2D eigenvalue weighted by atomic mass is 79.9. The van der Waals surface area contributed by atoms with Crippen LogP contribution in [-0.4, -0.2) is 29.2 Å². The Labute approximate surface area is 91.2 Å². The second kappa shape index (κ2) is 4.70. The first-order valence-electron chi connectivity index (χ1n) is 4.69. The maximum Gasteiger partial charge on any atom is 0.316 e. The molecule has 0 amide bonds. The third kappa shape index (κ3) is 2.65. The maximum absolute atomic E-state index is 5.63. The molecule has 1 aliphatic rings. The minimum absolute atomic E-state index is 0.262. The van der Waals surface area contributed by atoms with Gasteiger partial charge in [0.25, 0.3) is 0 Å². The number of ether oxygens (including phenoxy) is 1. The number of hydrogen-bond donors (Lipinski definition) is 1. The van der Waals surface area contributed by atoms with Gasteiger partial charge in [-0.25, -0.2) is 9.97 Å². The molecule has 5 heteroatoms. The molecular weight excluding hydrogens is 246 g/mol. The van der Waals surface area contributed by atoms with Gasteiger partial charge in [0.1, 0.15) is 6.10 Å². The van der Waals surface area contributed by atoms with Gasteiger partial charge in [-0.05, 0) is 41.9 Å². The van der Waals surface area contributed by atoms with E-state index in [-0.39, 0.29) is 6.10 Å². The second-order valence-electron chi connectivity index (χ2n) is 3.25. The van der Waals surface area contributed by atoms with Gasteiger partial charge in [0, 0.05) is 12.4 Å². The van der Waals surface area contributed by atoms with Crippen LogP contribution in [0, 0.1) is 0 Å². The molecule has 0 bridgehead atoms. The van der Waals surface area contributed by atoms with Gasteiger partial charge < -0.3 is 10.1 Å². The van der Waals surface area contributed by atoms with Gasteiger partial charge in [-0.2, -0.15) is 0 Å². The maximum atomic E-state index is 5.63. The molecule has 2 heterocycles. The summed E-state index contributed by atoms with van der Waals surface area (Å²) >= 11 is 3.28. The van der Waals surface area contributed by atoms with Crippen LogP contribution < -0.4 is 10.1 Å². The molecule has 1 aliphatic heterocycles. The lowest BCUT2D eigenvalue weighted by Gasteiger charge is -2.22. The summed E-state index contributed by atoms with van der Waals surface area (Å²) in [4.78, 5) is 8.14. The van der Waals surface area contributed by atoms with E-state index in [2.05, 4.69) is 31.2 Å². The molecule has 76 valence electrons. The van der Waals surface area contributed by atoms with E-state index >= 15 is 0 Å². The molecule has 0 aromatic carbocycles. The summed E-state index contributed by atoms with van der Waals surface area (Å²) in [5, 5.41) is 3.28. The fourth-order valence-electron chi connectivity index (χ4n) is 1.42. The van der Waals surface area contributed by atoms with Crippen molar-refractivity contribution >= 4 is 15.9 Å². The molecule has 14 heavy (non-hydrogen) atoms. The fourth-order valence-corrected chi connectivity index (χ4v) is 1.63. The van der Waals surface area contributed by atoms with Crippen LogP contribution in [-0.2, 0) is 0 Å². The summed E-state index contributed by atoms with van der Waals surface area (Å²) in [6.45, 7) is 2.03.